The Kier molecular flexibility index (Phi) is 8.92. The molecule has 258 valence electrons. The monoisotopic (exact) mass is 700 g/mol. The van der Waals surface area contributed by atoms with Crippen LogP contribution < -0.4 is 20.9 Å². The Morgan fingerprint density at radius 2 is 0.796 bits per heavy atom. The molecular weight excluding hydrogens is 669 g/mol. The molecule has 0 atom stereocenters. The average molecular weight is 701 g/mol. The van der Waals surface area contributed by atoms with Gasteiger partial charge in [0.15, 0.2) is 0 Å². The number of aromatic hydroxyl groups is 2. The van der Waals surface area contributed by atoms with Crippen molar-refractivity contribution in [3.63, 3.8) is 0 Å². The van der Waals surface area contributed by atoms with E-state index in [1.165, 1.54) is 12.1 Å². The summed E-state index contributed by atoms with van der Waals surface area (Å²) in [7, 11) is 0. The summed E-state index contributed by atoms with van der Waals surface area (Å²) in [4.78, 5) is 0. The molecule has 0 radical (unpaired) electrons. The highest BCUT2D eigenvalue weighted by molar-refractivity contribution is 6.10. The first-order valence-corrected chi connectivity index (χ1v) is 17.2. The summed E-state index contributed by atoms with van der Waals surface area (Å²) >= 11 is 0. The van der Waals surface area contributed by atoms with Crippen molar-refractivity contribution in [3.05, 3.63) is 180 Å². The van der Waals surface area contributed by atoms with E-state index in [2.05, 4.69) is 35.8 Å². The summed E-state index contributed by atoms with van der Waals surface area (Å²) in [5, 5.41) is 24.5. The molecule has 0 fully saturated rings. The smallest absolute Gasteiger partial charge is 0.142 e. The number of hydrogen-bond acceptors (Lipinski definition) is 6. The van der Waals surface area contributed by atoms with Gasteiger partial charge in [-0.3, -0.25) is 0 Å². The van der Waals surface area contributed by atoms with Crippen LogP contribution in [0.4, 0.5) is 11.4 Å². The van der Waals surface area contributed by atoms with E-state index < -0.39 is 0 Å². The SMILES string of the molecule is Nc1ccc(Oc2ccc3cc(C#Cc4ccccc4)ccc3c2-c2c(Oc3ccc(N)c(O)c3)ccc3cc(C#Cc4ccccc4)ccc23)cc1O. The number of nitrogens with two attached hydrogens (primary N) is 2. The normalized spacial score (nSPS) is 10.6. The molecule has 0 aliphatic carbocycles. The lowest BCUT2D eigenvalue weighted by atomic mass is 9.91. The van der Waals surface area contributed by atoms with Crippen molar-refractivity contribution in [1.82, 2.24) is 0 Å². The third kappa shape index (κ3) is 7.05. The van der Waals surface area contributed by atoms with Gasteiger partial charge in [0.25, 0.3) is 0 Å². The van der Waals surface area contributed by atoms with Gasteiger partial charge in [-0.15, -0.1) is 0 Å². The van der Waals surface area contributed by atoms with Crippen molar-refractivity contribution >= 4 is 32.9 Å². The second-order valence-corrected chi connectivity index (χ2v) is 12.6. The molecule has 0 aliphatic heterocycles. The van der Waals surface area contributed by atoms with Gasteiger partial charge in [-0.2, -0.15) is 0 Å². The van der Waals surface area contributed by atoms with Crippen molar-refractivity contribution in [3.8, 4) is 69.3 Å². The molecule has 0 saturated heterocycles. The molecule has 8 aromatic rings. The predicted molar refractivity (Wildman–Crippen MR) is 217 cm³/mol. The first-order chi connectivity index (χ1) is 26.4. The molecule has 54 heavy (non-hydrogen) atoms. The highest BCUT2D eigenvalue weighted by Crippen LogP contribution is 2.48. The Bertz CT molecular complexity index is 2630. The molecule has 6 N–H and O–H groups in total. The van der Waals surface area contributed by atoms with Crippen LogP contribution >= 0.6 is 0 Å². The number of fused-ring (bicyclic) bond motifs is 2. The molecule has 0 amide bonds. The number of nitrogen functional groups attached to an aromatic ring is 2. The minimum atomic E-state index is -0.0852. The van der Waals surface area contributed by atoms with Crippen LogP contribution in [0.25, 0.3) is 32.7 Å². The highest BCUT2D eigenvalue weighted by atomic mass is 16.5. The zero-order valence-corrected chi connectivity index (χ0v) is 28.9. The lowest BCUT2D eigenvalue weighted by Crippen LogP contribution is -1.96. The summed E-state index contributed by atoms with van der Waals surface area (Å²) in [5.74, 6) is 14.8. The largest absolute Gasteiger partial charge is 0.506 e. The second-order valence-electron chi connectivity index (χ2n) is 12.6. The Labute approximate surface area is 312 Å². The number of benzene rings is 8. The number of rotatable bonds is 5. The fourth-order valence-corrected chi connectivity index (χ4v) is 6.22. The summed E-state index contributed by atoms with van der Waals surface area (Å²) in [6.07, 6.45) is 0. The van der Waals surface area contributed by atoms with Crippen LogP contribution in [-0.2, 0) is 0 Å². The van der Waals surface area contributed by atoms with Crippen molar-refractivity contribution in [1.29, 1.82) is 0 Å². The van der Waals surface area contributed by atoms with E-state index in [-0.39, 0.29) is 22.9 Å². The molecule has 6 heteroatoms. The van der Waals surface area contributed by atoms with Crippen molar-refractivity contribution < 1.29 is 19.7 Å². The van der Waals surface area contributed by atoms with Gasteiger partial charge < -0.3 is 31.2 Å². The van der Waals surface area contributed by atoms with E-state index in [0.29, 0.717) is 23.0 Å². The van der Waals surface area contributed by atoms with Gasteiger partial charge in [0.2, 0.25) is 0 Å². The van der Waals surface area contributed by atoms with E-state index >= 15 is 0 Å². The molecule has 0 aliphatic rings. The third-order valence-corrected chi connectivity index (χ3v) is 8.92. The fraction of sp³-hybridized carbons (Fsp3) is 0. The van der Waals surface area contributed by atoms with E-state index in [1.54, 1.807) is 24.3 Å². The van der Waals surface area contributed by atoms with Gasteiger partial charge in [-0.1, -0.05) is 84.3 Å². The molecule has 0 unspecified atom stereocenters. The van der Waals surface area contributed by atoms with E-state index in [9.17, 15) is 10.2 Å². The van der Waals surface area contributed by atoms with E-state index in [4.69, 9.17) is 20.9 Å². The average Bonchev–Trinajstić information content (AvgIpc) is 3.20. The zero-order chi connectivity index (χ0) is 37.0. The van der Waals surface area contributed by atoms with Crippen LogP contribution in [-0.4, -0.2) is 10.2 Å². The van der Waals surface area contributed by atoms with Gasteiger partial charge in [0.05, 0.1) is 11.4 Å². The highest BCUT2D eigenvalue weighted by Gasteiger charge is 2.21. The minimum absolute atomic E-state index is 0.0852. The minimum Gasteiger partial charge on any atom is -0.506 e. The fourth-order valence-electron chi connectivity index (χ4n) is 6.22. The van der Waals surface area contributed by atoms with Crippen LogP contribution in [0.5, 0.6) is 34.5 Å². The van der Waals surface area contributed by atoms with Crippen LogP contribution in [0.3, 0.4) is 0 Å². The summed E-state index contributed by atoms with van der Waals surface area (Å²) in [6, 6.07) is 49.2. The molecule has 0 saturated carbocycles. The molecule has 8 aromatic carbocycles. The van der Waals surface area contributed by atoms with Gasteiger partial charge in [0.1, 0.15) is 34.5 Å². The van der Waals surface area contributed by atoms with Gasteiger partial charge in [-0.05, 0) is 106 Å². The van der Waals surface area contributed by atoms with Gasteiger partial charge in [0, 0.05) is 45.5 Å². The zero-order valence-electron chi connectivity index (χ0n) is 28.9. The van der Waals surface area contributed by atoms with Crippen LogP contribution in [0, 0.1) is 23.7 Å². The number of phenolic OH excluding ortho intramolecular Hbond substituents is 2. The van der Waals surface area contributed by atoms with Gasteiger partial charge >= 0.3 is 0 Å². The Hall–Kier alpha value is -7.80. The summed E-state index contributed by atoms with van der Waals surface area (Å²) in [6.45, 7) is 0. The maximum Gasteiger partial charge on any atom is 0.142 e. The van der Waals surface area contributed by atoms with Crippen LogP contribution in [0.1, 0.15) is 22.3 Å². The lowest BCUT2D eigenvalue weighted by Gasteiger charge is -2.20. The first kappa shape index (κ1) is 33.3. The quantitative estimate of drug-likeness (QED) is 0.0808. The summed E-state index contributed by atoms with van der Waals surface area (Å²) in [5.41, 5.74) is 17.4. The molecule has 0 spiro atoms. The third-order valence-electron chi connectivity index (χ3n) is 8.92. The predicted octanol–water partition coefficient (Wildman–Crippen LogP) is 10.6. The Balaban J connectivity index is 1.35. The maximum absolute atomic E-state index is 10.5. The topological polar surface area (TPSA) is 111 Å². The molecule has 6 nitrogen and oxygen atoms in total. The molecular formula is C48H32N2O4. The number of phenols is 2. The molecule has 0 aromatic heterocycles. The van der Waals surface area contributed by atoms with Crippen molar-refractivity contribution in [2.24, 2.45) is 0 Å². The number of anilines is 2. The Morgan fingerprint density at radius 3 is 1.20 bits per heavy atom. The van der Waals surface area contributed by atoms with Crippen LogP contribution in [0.2, 0.25) is 0 Å². The van der Waals surface area contributed by atoms with Crippen molar-refractivity contribution in [2.45, 2.75) is 0 Å². The van der Waals surface area contributed by atoms with E-state index in [0.717, 1.165) is 54.9 Å². The molecule has 0 heterocycles. The van der Waals surface area contributed by atoms with Gasteiger partial charge in [-0.25, -0.2) is 0 Å². The Morgan fingerprint density at radius 1 is 0.389 bits per heavy atom. The molecule has 8 rings (SSSR count). The van der Waals surface area contributed by atoms with E-state index in [1.807, 2.05) is 109 Å². The molecule has 0 bridgehead atoms. The van der Waals surface area contributed by atoms with Crippen LogP contribution in [0.15, 0.2) is 158 Å². The lowest BCUT2D eigenvalue weighted by molar-refractivity contribution is 0.454. The standard InChI is InChI=1S/C48H32N2O4/c49-41-23-19-37(29-43(41)51)53-45-25-17-35-27-33(13-11-31-7-3-1-4-8-31)15-21-39(35)47(45)48-40-22-16-34(14-12-32-9-5-2-6-10-32)28-36(40)18-26-46(48)54-38-20-24-42(50)44(52)30-38/h1-10,15-30,51-52H,49-50H2. The van der Waals surface area contributed by atoms with Crippen molar-refractivity contribution in [2.75, 3.05) is 11.5 Å². The number of ether oxygens (including phenoxy) is 2. The first-order valence-electron chi connectivity index (χ1n) is 17.2. The second kappa shape index (κ2) is 14.4. The number of hydrogen-bond donors (Lipinski definition) is 4. The summed E-state index contributed by atoms with van der Waals surface area (Å²) < 4.78 is 13.1. The maximum atomic E-state index is 10.5.